The number of rotatable bonds is 2. The van der Waals surface area contributed by atoms with Crippen LogP contribution in [0.4, 0.5) is 4.39 Å². The van der Waals surface area contributed by atoms with E-state index in [0.29, 0.717) is 23.7 Å². The topological polar surface area (TPSA) is 60.9 Å². The third-order valence-corrected chi connectivity index (χ3v) is 2.88. The summed E-state index contributed by atoms with van der Waals surface area (Å²) in [4.78, 5) is 18.6. The van der Waals surface area contributed by atoms with Gasteiger partial charge in [-0.05, 0) is 23.8 Å². The van der Waals surface area contributed by atoms with Crippen molar-refractivity contribution in [2.75, 3.05) is 0 Å². The highest BCUT2D eigenvalue weighted by Crippen LogP contribution is 2.19. The Bertz CT molecular complexity index is 768. The number of nitrogens with zero attached hydrogens (tertiary/aromatic N) is 3. The summed E-state index contributed by atoms with van der Waals surface area (Å²) in [5.74, 6) is -0.454. The molecule has 1 aromatic heterocycles. The van der Waals surface area contributed by atoms with Crippen LogP contribution in [0, 0.1) is 5.82 Å². The quantitative estimate of drug-likeness (QED) is 0.675. The van der Waals surface area contributed by atoms with Crippen molar-refractivity contribution in [1.82, 2.24) is 14.5 Å². The molecular weight excluding hydrogens is 273 g/mol. The second-order valence-corrected chi connectivity index (χ2v) is 4.28. The molecule has 0 spiro atoms. The lowest BCUT2D eigenvalue weighted by molar-refractivity contribution is 0.529. The molecule has 1 aromatic rings. The Kier molecular flexibility index (Phi) is 2.79. The molecule has 0 aromatic carbocycles. The smallest absolute Gasteiger partial charge is 0.405 e. The molecule has 3 rings (SSSR count). The van der Waals surface area contributed by atoms with E-state index < -0.39 is 11.6 Å². The summed E-state index contributed by atoms with van der Waals surface area (Å²) in [6.45, 7) is 0.310. The summed E-state index contributed by atoms with van der Waals surface area (Å²) < 4.78 is 19.9. The van der Waals surface area contributed by atoms with Crippen molar-refractivity contribution < 1.29 is 8.81 Å². The number of oxazole rings is 1. The SMILES string of the molecule is O=c1nc2n(Cc3cnc(Cl)c(F)c3)cccc-2o1. The van der Waals surface area contributed by atoms with Gasteiger partial charge in [-0.1, -0.05) is 11.6 Å². The van der Waals surface area contributed by atoms with Crippen LogP contribution in [0.5, 0.6) is 0 Å². The fraction of sp³-hybridized carbons (Fsp3) is 0.0833. The maximum atomic E-state index is 13.3. The van der Waals surface area contributed by atoms with Gasteiger partial charge in [-0.3, -0.25) is 0 Å². The van der Waals surface area contributed by atoms with Crippen LogP contribution in [-0.2, 0) is 6.54 Å². The van der Waals surface area contributed by atoms with E-state index in [4.69, 9.17) is 16.0 Å². The van der Waals surface area contributed by atoms with E-state index in [1.807, 2.05) is 0 Å². The monoisotopic (exact) mass is 279 g/mol. The molecule has 0 N–H and O–H groups in total. The third-order valence-electron chi connectivity index (χ3n) is 2.61. The number of pyridine rings is 2. The lowest BCUT2D eigenvalue weighted by Crippen LogP contribution is -2.06. The molecule has 0 amide bonds. The number of fused-ring (bicyclic) bond motifs is 1. The summed E-state index contributed by atoms with van der Waals surface area (Å²) in [7, 11) is 0. The van der Waals surface area contributed by atoms with Gasteiger partial charge in [0.1, 0.15) is 0 Å². The van der Waals surface area contributed by atoms with Crippen molar-refractivity contribution in [3.05, 3.63) is 57.7 Å². The molecule has 5 nitrogen and oxygen atoms in total. The lowest BCUT2D eigenvalue weighted by Gasteiger charge is -2.09. The van der Waals surface area contributed by atoms with Crippen molar-refractivity contribution in [3.63, 3.8) is 0 Å². The maximum Gasteiger partial charge on any atom is 0.441 e. The van der Waals surface area contributed by atoms with Gasteiger partial charge in [-0.15, -0.1) is 0 Å². The maximum absolute atomic E-state index is 13.3. The average Bonchev–Trinajstić information content (AvgIpc) is 2.75. The predicted molar refractivity (Wildman–Crippen MR) is 65.7 cm³/mol. The average molecular weight is 280 g/mol. The van der Waals surface area contributed by atoms with E-state index in [0.717, 1.165) is 0 Å². The minimum Gasteiger partial charge on any atom is -0.405 e. The van der Waals surface area contributed by atoms with Crippen LogP contribution < -0.4 is 5.76 Å². The molecule has 2 aliphatic rings. The van der Waals surface area contributed by atoms with Crippen molar-refractivity contribution >= 4 is 11.6 Å². The van der Waals surface area contributed by atoms with Crippen LogP contribution in [0.1, 0.15) is 5.56 Å². The Morgan fingerprint density at radius 1 is 1.47 bits per heavy atom. The largest absolute Gasteiger partial charge is 0.441 e. The first-order chi connectivity index (χ1) is 9.13. The second-order valence-electron chi connectivity index (χ2n) is 3.92. The van der Waals surface area contributed by atoms with E-state index in [-0.39, 0.29) is 5.15 Å². The van der Waals surface area contributed by atoms with Gasteiger partial charge in [0.2, 0.25) is 0 Å². The fourth-order valence-electron chi connectivity index (χ4n) is 1.79. The Morgan fingerprint density at radius 2 is 2.32 bits per heavy atom. The van der Waals surface area contributed by atoms with Crippen LogP contribution in [-0.4, -0.2) is 14.5 Å². The zero-order chi connectivity index (χ0) is 13.4. The van der Waals surface area contributed by atoms with E-state index in [9.17, 15) is 9.18 Å². The molecule has 96 valence electrons. The first kappa shape index (κ1) is 11.9. The normalized spacial score (nSPS) is 11.1. The van der Waals surface area contributed by atoms with Gasteiger partial charge >= 0.3 is 5.76 Å². The van der Waals surface area contributed by atoms with Gasteiger partial charge in [0.15, 0.2) is 22.6 Å². The molecule has 0 saturated heterocycles. The van der Waals surface area contributed by atoms with Crippen molar-refractivity contribution in [1.29, 1.82) is 0 Å². The van der Waals surface area contributed by atoms with Crippen molar-refractivity contribution in [2.45, 2.75) is 6.54 Å². The van der Waals surface area contributed by atoms with Crippen LogP contribution in [0.15, 0.2) is 39.8 Å². The minimum absolute atomic E-state index is 0.171. The number of aromatic nitrogens is 3. The highest BCUT2D eigenvalue weighted by Gasteiger charge is 2.14. The molecule has 0 atom stereocenters. The Labute approximate surface area is 111 Å². The summed E-state index contributed by atoms with van der Waals surface area (Å²) in [5.41, 5.74) is 0.606. The Morgan fingerprint density at radius 3 is 3.11 bits per heavy atom. The van der Waals surface area contributed by atoms with E-state index in [1.165, 1.54) is 12.3 Å². The Balaban J connectivity index is 2.01. The molecule has 0 aliphatic carbocycles. The highest BCUT2D eigenvalue weighted by molar-refractivity contribution is 6.29. The lowest BCUT2D eigenvalue weighted by atomic mass is 10.2. The van der Waals surface area contributed by atoms with Crippen molar-refractivity contribution in [3.8, 4) is 11.6 Å². The summed E-state index contributed by atoms with van der Waals surface area (Å²) >= 11 is 5.52. The molecule has 0 saturated carbocycles. The van der Waals surface area contributed by atoms with Gasteiger partial charge in [0.25, 0.3) is 0 Å². The number of halogens is 2. The first-order valence-corrected chi connectivity index (χ1v) is 5.77. The highest BCUT2D eigenvalue weighted by atomic mass is 35.5. The zero-order valence-corrected chi connectivity index (χ0v) is 10.3. The number of hydrogen-bond donors (Lipinski definition) is 0. The standard InChI is InChI=1S/C12H7ClFN3O2/c13-10-8(14)4-7(5-15-10)6-17-3-1-2-9-11(17)16-12(18)19-9/h1-5H,6H2. The van der Waals surface area contributed by atoms with Crippen molar-refractivity contribution in [2.24, 2.45) is 0 Å². The first-order valence-electron chi connectivity index (χ1n) is 5.39. The Hall–Kier alpha value is -2.21. The predicted octanol–water partition coefficient (Wildman–Crippen LogP) is 2.18. The number of hydrogen-bond acceptors (Lipinski definition) is 4. The molecule has 0 fully saturated rings. The van der Waals surface area contributed by atoms with E-state index in [1.54, 1.807) is 22.9 Å². The molecule has 7 heteroatoms. The fourth-order valence-corrected chi connectivity index (χ4v) is 1.90. The summed E-state index contributed by atoms with van der Waals surface area (Å²) in [6.07, 6.45) is 3.19. The summed E-state index contributed by atoms with van der Waals surface area (Å²) in [6, 6.07) is 4.65. The second kappa shape index (κ2) is 4.47. The zero-order valence-electron chi connectivity index (χ0n) is 9.51. The van der Waals surface area contributed by atoms with Gasteiger partial charge < -0.3 is 8.98 Å². The summed E-state index contributed by atoms with van der Waals surface area (Å²) in [5, 5.41) is -0.171. The van der Waals surface area contributed by atoms with Crippen LogP contribution in [0.25, 0.3) is 11.6 Å². The molecular formula is C12H7ClFN3O2. The van der Waals surface area contributed by atoms with Crippen LogP contribution in [0.3, 0.4) is 0 Å². The molecule has 3 heterocycles. The molecule has 0 bridgehead atoms. The molecule has 0 unspecified atom stereocenters. The van der Waals surface area contributed by atoms with Gasteiger partial charge in [0.05, 0.1) is 6.54 Å². The van der Waals surface area contributed by atoms with Gasteiger partial charge in [-0.25, -0.2) is 14.2 Å². The van der Waals surface area contributed by atoms with E-state index in [2.05, 4.69) is 9.97 Å². The van der Waals surface area contributed by atoms with Crippen LogP contribution in [0.2, 0.25) is 5.15 Å². The third kappa shape index (κ3) is 2.22. The molecule has 0 radical (unpaired) electrons. The van der Waals surface area contributed by atoms with Crippen LogP contribution >= 0.6 is 11.6 Å². The molecule has 19 heavy (non-hydrogen) atoms. The van der Waals surface area contributed by atoms with Gasteiger partial charge in [-0.2, -0.15) is 4.98 Å². The minimum atomic E-state index is -0.657. The van der Waals surface area contributed by atoms with Gasteiger partial charge in [0, 0.05) is 12.4 Å². The molecule has 2 aliphatic heterocycles. The van der Waals surface area contributed by atoms with E-state index >= 15 is 0 Å².